The first-order valence-corrected chi connectivity index (χ1v) is 6.54. The van der Waals surface area contributed by atoms with Crippen molar-refractivity contribution in [3.63, 3.8) is 0 Å². The molecular weight excluding hydrogens is 250 g/mol. The highest BCUT2D eigenvalue weighted by molar-refractivity contribution is 5.76. The maximum Gasteiger partial charge on any atom is 0.407 e. The number of carbonyl (C=O) groups is 2. The molecule has 19 heavy (non-hydrogen) atoms. The Morgan fingerprint density at radius 3 is 2.53 bits per heavy atom. The molecule has 1 aliphatic carbocycles. The molecule has 6 nitrogen and oxygen atoms in total. The van der Waals surface area contributed by atoms with Crippen molar-refractivity contribution in [2.45, 2.75) is 57.5 Å². The van der Waals surface area contributed by atoms with E-state index in [9.17, 15) is 9.59 Å². The molecular formula is C13H21NO5. The van der Waals surface area contributed by atoms with Gasteiger partial charge in [0.2, 0.25) is 0 Å². The Balaban J connectivity index is 1.99. The van der Waals surface area contributed by atoms with Crippen molar-refractivity contribution >= 4 is 12.1 Å². The van der Waals surface area contributed by atoms with Crippen molar-refractivity contribution < 1.29 is 23.8 Å². The van der Waals surface area contributed by atoms with Crippen LogP contribution in [0.15, 0.2) is 0 Å². The minimum atomic E-state index is -0.566. The lowest BCUT2D eigenvalue weighted by atomic mass is 9.84. The zero-order chi connectivity index (χ0) is 14.2. The number of esters is 1. The average Bonchev–Trinajstić information content (AvgIpc) is 3.05. The fraction of sp³-hybridized carbons (Fsp3) is 0.846. The molecule has 2 fully saturated rings. The Kier molecular flexibility index (Phi) is 3.71. The highest BCUT2D eigenvalue weighted by Gasteiger charge is 2.54. The number of amides is 1. The normalized spacial score (nSPS) is 33.1. The predicted molar refractivity (Wildman–Crippen MR) is 66.6 cm³/mol. The SMILES string of the molecule is COC(=O)C1CCC2OC2C1NC(=O)OC(C)(C)C. The fourth-order valence-corrected chi connectivity index (χ4v) is 2.50. The lowest BCUT2D eigenvalue weighted by Gasteiger charge is -2.29. The molecule has 1 N–H and O–H groups in total. The summed E-state index contributed by atoms with van der Waals surface area (Å²) in [6.07, 6.45) is 1.03. The molecule has 0 aromatic rings. The molecule has 1 heterocycles. The third kappa shape index (κ3) is 3.37. The second-order valence-corrected chi connectivity index (χ2v) is 6.02. The lowest BCUT2D eigenvalue weighted by molar-refractivity contribution is -0.147. The Labute approximate surface area is 112 Å². The molecule has 0 bridgehead atoms. The van der Waals surface area contributed by atoms with Gasteiger partial charge in [0.25, 0.3) is 0 Å². The van der Waals surface area contributed by atoms with Crippen molar-refractivity contribution in [3.8, 4) is 0 Å². The Morgan fingerprint density at radius 1 is 1.26 bits per heavy atom. The van der Waals surface area contributed by atoms with Crippen molar-refractivity contribution in [2.75, 3.05) is 7.11 Å². The van der Waals surface area contributed by atoms with Crippen LogP contribution in [-0.4, -0.2) is 43.0 Å². The summed E-state index contributed by atoms with van der Waals surface area (Å²) in [5.74, 6) is -0.670. The van der Waals surface area contributed by atoms with Crippen LogP contribution < -0.4 is 5.32 Å². The van der Waals surface area contributed by atoms with Gasteiger partial charge < -0.3 is 19.5 Å². The molecule has 1 saturated heterocycles. The molecule has 4 unspecified atom stereocenters. The van der Waals surface area contributed by atoms with Crippen LogP contribution in [0.25, 0.3) is 0 Å². The van der Waals surface area contributed by atoms with E-state index in [1.165, 1.54) is 7.11 Å². The maximum absolute atomic E-state index is 11.8. The van der Waals surface area contributed by atoms with Gasteiger partial charge in [-0.05, 0) is 33.6 Å². The van der Waals surface area contributed by atoms with E-state index in [1.54, 1.807) is 20.8 Å². The van der Waals surface area contributed by atoms with E-state index in [-0.39, 0.29) is 30.1 Å². The molecule has 6 heteroatoms. The molecule has 1 amide bonds. The minimum Gasteiger partial charge on any atom is -0.469 e. The highest BCUT2D eigenvalue weighted by Crippen LogP contribution is 2.40. The largest absolute Gasteiger partial charge is 0.469 e. The first-order chi connectivity index (χ1) is 8.81. The zero-order valence-corrected chi connectivity index (χ0v) is 11.8. The van der Waals surface area contributed by atoms with Crippen LogP contribution >= 0.6 is 0 Å². The van der Waals surface area contributed by atoms with Gasteiger partial charge in [-0.1, -0.05) is 0 Å². The Morgan fingerprint density at radius 2 is 1.95 bits per heavy atom. The van der Waals surface area contributed by atoms with Crippen LogP contribution in [-0.2, 0) is 19.0 Å². The molecule has 1 saturated carbocycles. The van der Waals surface area contributed by atoms with Crippen LogP contribution in [0.3, 0.4) is 0 Å². The standard InChI is InChI=1S/C13H21NO5/c1-13(2,3)19-12(16)14-9-7(11(15)17-4)5-6-8-10(9)18-8/h7-10H,5-6H2,1-4H3,(H,14,16). The lowest BCUT2D eigenvalue weighted by Crippen LogP contribution is -2.50. The number of methoxy groups -OCH3 is 1. The van der Waals surface area contributed by atoms with Gasteiger partial charge in [-0.3, -0.25) is 4.79 Å². The molecule has 2 rings (SSSR count). The number of alkyl carbamates (subject to hydrolysis) is 1. The highest BCUT2D eigenvalue weighted by atomic mass is 16.6. The van der Waals surface area contributed by atoms with E-state index in [1.807, 2.05) is 0 Å². The predicted octanol–water partition coefficient (Wildman–Crippen LogP) is 1.23. The van der Waals surface area contributed by atoms with Crippen molar-refractivity contribution in [3.05, 3.63) is 0 Å². The van der Waals surface area contributed by atoms with Crippen LogP contribution in [0.1, 0.15) is 33.6 Å². The summed E-state index contributed by atoms with van der Waals surface area (Å²) in [6.45, 7) is 5.38. The smallest absolute Gasteiger partial charge is 0.407 e. The number of hydrogen-bond acceptors (Lipinski definition) is 5. The molecule has 0 spiro atoms. The number of carbonyl (C=O) groups excluding carboxylic acids is 2. The fourth-order valence-electron chi connectivity index (χ4n) is 2.50. The van der Waals surface area contributed by atoms with E-state index in [2.05, 4.69) is 5.32 Å². The molecule has 2 aliphatic rings. The molecule has 0 aromatic carbocycles. The number of hydrogen-bond donors (Lipinski definition) is 1. The first-order valence-electron chi connectivity index (χ1n) is 6.54. The molecule has 0 aromatic heterocycles. The van der Waals surface area contributed by atoms with Gasteiger partial charge >= 0.3 is 12.1 Å². The second-order valence-electron chi connectivity index (χ2n) is 6.02. The number of nitrogens with one attached hydrogen (secondary N) is 1. The quantitative estimate of drug-likeness (QED) is 0.604. The Bertz CT molecular complexity index is 376. The average molecular weight is 271 g/mol. The summed E-state index contributed by atoms with van der Waals surface area (Å²) in [7, 11) is 1.35. The molecule has 4 atom stereocenters. The Hall–Kier alpha value is -1.30. The summed E-state index contributed by atoms with van der Waals surface area (Å²) in [4.78, 5) is 23.5. The van der Waals surface area contributed by atoms with Crippen molar-refractivity contribution in [2.24, 2.45) is 5.92 Å². The minimum absolute atomic E-state index is 0.0923. The molecule has 108 valence electrons. The summed E-state index contributed by atoms with van der Waals surface area (Å²) in [5.41, 5.74) is -0.566. The van der Waals surface area contributed by atoms with Gasteiger partial charge in [-0.25, -0.2) is 4.79 Å². The van der Waals surface area contributed by atoms with E-state index in [0.29, 0.717) is 6.42 Å². The van der Waals surface area contributed by atoms with E-state index >= 15 is 0 Å². The maximum atomic E-state index is 11.8. The summed E-state index contributed by atoms with van der Waals surface area (Å²) >= 11 is 0. The van der Waals surface area contributed by atoms with Crippen molar-refractivity contribution in [1.82, 2.24) is 5.32 Å². The molecule has 0 radical (unpaired) electrons. The first kappa shape index (κ1) is 14.1. The number of rotatable bonds is 2. The van der Waals surface area contributed by atoms with Crippen LogP contribution in [0.5, 0.6) is 0 Å². The van der Waals surface area contributed by atoms with E-state index < -0.39 is 11.7 Å². The zero-order valence-electron chi connectivity index (χ0n) is 11.8. The monoisotopic (exact) mass is 271 g/mol. The van der Waals surface area contributed by atoms with Crippen LogP contribution in [0.4, 0.5) is 4.79 Å². The van der Waals surface area contributed by atoms with Crippen molar-refractivity contribution in [1.29, 1.82) is 0 Å². The van der Waals surface area contributed by atoms with E-state index in [0.717, 1.165) is 6.42 Å². The summed E-state index contributed by atoms with van der Waals surface area (Å²) in [6, 6.07) is -0.360. The van der Waals surface area contributed by atoms with Gasteiger partial charge in [0.15, 0.2) is 0 Å². The van der Waals surface area contributed by atoms with Gasteiger partial charge in [-0.2, -0.15) is 0 Å². The van der Waals surface area contributed by atoms with Gasteiger partial charge in [0.1, 0.15) is 11.7 Å². The molecule has 1 aliphatic heterocycles. The van der Waals surface area contributed by atoms with Gasteiger partial charge in [-0.15, -0.1) is 0 Å². The number of ether oxygens (including phenoxy) is 3. The second kappa shape index (κ2) is 5.00. The summed E-state index contributed by atoms with van der Waals surface area (Å²) in [5, 5.41) is 2.75. The third-order valence-electron chi connectivity index (χ3n) is 3.36. The topological polar surface area (TPSA) is 77.2 Å². The number of epoxide rings is 1. The number of fused-ring (bicyclic) bond motifs is 1. The van der Waals surface area contributed by atoms with E-state index in [4.69, 9.17) is 14.2 Å². The van der Waals surface area contributed by atoms with Gasteiger partial charge in [0.05, 0.1) is 25.2 Å². The summed E-state index contributed by atoms with van der Waals surface area (Å²) < 4.78 is 15.5. The van der Waals surface area contributed by atoms with Crippen LogP contribution in [0, 0.1) is 5.92 Å². The van der Waals surface area contributed by atoms with Gasteiger partial charge in [0, 0.05) is 0 Å². The third-order valence-corrected chi connectivity index (χ3v) is 3.36. The van der Waals surface area contributed by atoms with Crippen LogP contribution in [0.2, 0.25) is 0 Å².